The third-order valence-corrected chi connectivity index (χ3v) is 7.69. The van der Waals surface area contributed by atoms with E-state index in [1.807, 2.05) is 48.5 Å². The van der Waals surface area contributed by atoms with Gasteiger partial charge in [0.05, 0.1) is 27.3 Å². The van der Waals surface area contributed by atoms with Gasteiger partial charge in [0.1, 0.15) is 11.6 Å². The quantitative estimate of drug-likeness (QED) is 0.223. The summed E-state index contributed by atoms with van der Waals surface area (Å²) in [4.78, 5) is 19.4. The molecule has 6 rings (SSSR count). The molecule has 2 heterocycles. The Kier molecular flexibility index (Phi) is 5.76. The number of para-hydroxylation sites is 2. The minimum Gasteiger partial charge on any atom is -0.506 e. The summed E-state index contributed by atoms with van der Waals surface area (Å²) in [6.07, 6.45) is 0. The third kappa shape index (κ3) is 4.22. The van der Waals surface area contributed by atoms with Crippen molar-refractivity contribution in [2.24, 2.45) is 0 Å². The van der Waals surface area contributed by atoms with Gasteiger partial charge in [-0.1, -0.05) is 73.7 Å². The first kappa shape index (κ1) is 23.9. The van der Waals surface area contributed by atoms with Crippen molar-refractivity contribution in [3.8, 4) is 16.9 Å². The van der Waals surface area contributed by atoms with Crippen LogP contribution in [-0.2, 0) is 5.41 Å². The Labute approximate surface area is 223 Å². The zero-order valence-corrected chi connectivity index (χ0v) is 21.6. The van der Waals surface area contributed by atoms with Crippen LogP contribution in [0.1, 0.15) is 19.4 Å². The van der Waals surface area contributed by atoms with Crippen molar-refractivity contribution < 1.29 is 14.3 Å². The third-order valence-electron chi connectivity index (χ3n) is 6.76. The molecule has 0 spiro atoms. The maximum Gasteiger partial charge on any atom is 0.325 e. The number of anilines is 4. The number of phenolic OH excluding ortho intramolecular Hbond substituents is 1. The van der Waals surface area contributed by atoms with Crippen molar-refractivity contribution in [3.63, 3.8) is 0 Å². The molecular formula is C30H25FN4O2S. The van der Waals surface area contributed by atoms with Crippen LogP contribution in [0.3, 0.4) is 0 Å². The fourth-order valence-electron chi connectivity index (χ4n) is 5.17. The second kappa shape index (κ2) is 9.15. The summed E-state index contributed by atoms with van der Waals surface area (Å²) >= 11 is 1.21. The SMILES string of the molecule is CC1(C)CN(c2ccccc2NC(=O)Nc2nc3ccc(F)cc3s2)c2c(O)ccc(-c3ccccc3)c21. The largest absolute Gasteiger partial charge is 0.506 e. The molecule has 2 amide bonds. The van der Waals surface area contributed by atoms with E-state index in [0.717, 1.165) is 28.1 Å². The van der Waals surface area contributed by atoms with Gasteiger partial charge in [-0.15, -0.1) is 0 Å². The predicted octanol–water partition coefficient (Wildman–Crippen LogP) is 7.88. The molecule has 190 valence electrons. The smallest absolute Gasteiger partial charge is 0.325 e. The van der Waals surface area contributed by atoms with Gasteiger partial charge >= 0.3 is 6.03 Å². The number of nitrogens with zero attached hydrogens (tertiary/aromatic N) is 2. The van der Waals surface area contributed by atoms with Gasteiger partial charge in [-0.05, 0) is 53.1 Å². The summed E-state index contributed by atoms with van der Waals surface area (Å²) in [7, 11) is 0. The highest BCUT2D eigenvalue weighted by atomic mass is 32.1. The van der Waals surface area contributed by atoms with Crippen LogP contribution in [0.2, 0.25) is 0 Å². The van der Waals surface area contributed by atoms with Gasteiger partial charge < -0.3 is 15.3 Å². The van der Waals surface area contributed by atoms with Gasteiger partial charge in [0, 0.05) is 12.0 Å². The zero-order chi connectivity index (χ0) is 26.4. The molecule has 1 aromatic heterocycles. The fraction of sp³-hybridized carbons (Fsp3) is 0.133. The monoisotopic (exact) mass is 524 g/mol. The number of rotatable bonds is 4. The highest BCUT2D eigenvalue weighted by molar-refractivity contribution is 7.22. The van der Waals surface area contributed by atoms with Crippen LogP contribution in [0.15, 0.2) is 84.9 Å². The molecule has 6 nitrogen and oxygen atoms in total. The number of phenols is 1. The highest BCUT2D eigenvalue weighted by Crippen LogP contribution is 2.53. The summed E-state index contributed by atoms with van der Waals surface area (Å²) in [6, 6.07) is 25.2. The van der Waals surface area contributed by atoms with Crippen molar-refractivity contribution in [1.82, 2.24) is 4.98 Å². The summed E-state index contributed by atoms with van der Waals surface area (Å²) in [5.41, 5.74) is 5.65. The Morgan fingerprint density at radius 1 is 1.00 bits per heavy atom. The molecule has 0 radical (unpaired) electrons. The van der Waals surface area contributed by atoms with Crippen LogP contribution in [0.5, 0.6) is 5.75 Å². The Bertz CT molecular complexity index is 1680. The Morgan fingerprint density at radius 2 is 1.76 bits per heavy atom. The van der Waals surface area contributed by atoms with Crippen LogP contribution in [0, 0.1) is 5.82 Å². The van der Waals surface area contributed by atoms with Crippen LogP contribution in [0.4, 0.5) is 31.4 Å². The molecule has 0 atom stereocenters. The number of benzene rings is 4. The highest BCUT2D eigenvalue weighted by Gasteiger charge is 2.40. The lowest BCUT2D eigenvalue weighted by molar-refractivity contribution is 0.262. The first-order valence-corrected chi connectivity index (χ1v) is 13.0. The standard InChI is InChI=1S/C30H25FN4O2S/c1-30(2)17-35(27-24(36)15-13-20(26(27)30)18-8-4-3-5-9-18)23-11-7-6-10-21(23)32-28(37)34-29-33-22-14-12-19(31)16-25(22)38-29/h3-16,36H,17H2,1-2H3,(H2,32,33,34,37). The summed E-state index contributed by atoms with van der Waals surface area (Å²) in [5, 5.41) is 17.1. The van der Waals surface area contributed by atoms with Gasteiger partial charge in [-0.2, -0.15) is 0 Å². The molecule has 3 N–H and O–H groups in total. The molecule has 4 aromatic carbocycles. The molecule has 0 bridgehead atoms. The van der Waals surface area contributed by atoms with Gasteiger partial charge in [-0.3, -0.25) is 5.32 Å². The van der Waals surface area contributed by atoms with Crippen molar-refractivity contribution in [1.29, 1.82) is 0 Å². The van der Waals surface area contributed by atoms with E-state index < -0.39 is 6.03 Å². The van der Waals surface area contributed by atoms with E-state index in [-0.39, 0.29) is 17.0 Å². The number of hydrogen-bond acceptors (Lipinski definition) is 5. The second-order valence-corrected chi connectivity index (χ2v) is 10.9. The Hall–Kier alpha value is -4.43. The van der Waals surface area contributed by atoms with E-state index in [2.05, 4.69) is 46.5 Å². The van der Waals surface area contributed by atoms with Crippen LogP contribution < -0.4 is 15.5 Å². The average molecular weight is 525 g/mol. The number of aromatic hydroxyl groups is 1. The van der Waals surface area contributed by atoms with E-state index in [1.165, 1.54) is 23.5 Å². The van der Waals surface area contributed by atoms with E-state index in [9.17, 15) is 14.3 Å². The summed E-state index contributed by atoms with van der Waals surface area (Å²) in [6.45, 7) is 4.94. The molecule has 38 heavy (non-hydrogen) atoms. The lowest BCUT2D eigenvalue weighted by atomic mass is 9.81. The lowest BCUT2D eigenvalue weighted by Gasteiger charge is -2.25. The maximum atomic E-state index is 13.6. The number of halogens is 1. The number of carbonyl (C=O) groups is 1. The zero-order valence-electron chi connectivity index (χ0n) is 20.8. The number of fused-ring (bicyclic) bond motifs is 2. The molecule has 8 heteroatoms. The first-order valence-electron chi connectivity index (χ1n) is 12.2. The van der Waals surface area contributed by atoms with E-state index >= 15 is 0 Å². The van der Waals surface area contributed by atoms with Crippen molar-refractivity contribution in [2.75, 3.05) is 22.1 Å². The van der Waals surface area contributed by atoms with Crippen LogP contribution in [-0.4, -0.2) is 22.7 Å². The molecule has 0 unspecified atom stereocenters. The van der Waals surface area contributed by atoms with Crippen LogP contribution in [0.25, 0.3) is 21.3 Å². The first-order chi connectivity index (χ1) is 18.3. The molecule has 1 aliphatic rings. The molecule has 0 aliphatic carbocycles. The number of nitrogens with one attached hydrogen (secondary N) is 2. The number of carbonyl (C=O) groups excluding carboxylic acids is 1. The van der Waals surface area contributed by atoms with E-state index in [4.69, 9.17) is 0 Å². The van der Waals surface area contributed by atoms with E-state index in [1.54, 1.807) is 12.1 Å². The maximum absolute atomic E-state index is 13.6. The summed E-state index contributed by atoms with van der Waals surface area (Å²) < 4.78 is 14.2. The van der Waals surface area contributed by atoms with E-state index in [0.29, 0.717) is 27.6 Å². The minimum absolute atomic E-state index is 0.186. The molecule has 0 saturated heterocycles. The van der Waals surface area contributed by atoms with Crippen LogP contribution >= 0.6 is 11.3 Å². The topological polar surface area (TPSA) is 77.5 Å². The van der Waals surface area contributed by atoms with Gasteiger partial charge in [0.2, 0.25) is 0 Å². The van der Waals surface area contributed by atoms with Crippen molar-refractivity contribution in [3.05, 3.63) is 96.3 Å². The summed E-state index contributed by atoms with van der Waals surface area (Å²) in [5.74, 6) is -0.162. The number of thiazole rings is 1. The lowest BCUT2D eigenvalue weighted by Crippen LogP contribution is -2.27. The number of urea groups is 1. The minimum atomic E-state index is -0.460. The number of hydrogen-bond donors (Lipinski definition) is 3. The molecule has 0 fully saturated rings. The van der Waals surface area contributed by atoms with Crippen molar-refractivity contribution >= 4 is 49.8 Å². The Morgan fingerprint density at radius 3 is 2.58 bits per heavy atom. The fourth-order valence-corrected chi connectivity index (χ4v) is 6.06. The number of aromatic nitrogens is 1. The van der Waals surface area contributed by atoms with Gasteiger partial charge in [-0.25, -0.2) is 14.2 Å². The van der Waals surface area contributed by atoms with Gasteiger partial charge in [0.25, 0.3) is 0 Å². The number of amides is 2. The van der Waals surface area contributed by atoms with Crippen molar-refractivity contribution in [2.45, 2.75) is 19.3 Å². The average Bonchev–Trinajstić information content (AvgIpc) is 3.42. The molecule has 5 aromatic rings. The van der Waals surface area contributed by atoms with Gasteiger partial charge in [0.15, 0.2) is 5.13 Å². The normalized spacial score (nSPS) is 13.9. The predicted molar refractivity (Wildman–Crippen MR) is 152 cm³/mol. The second-order valence-electron chi connectivity index (χ2n) is 9.92. The molecule has 0 saturated carbocycles. The molecule has 1 aliphatic heterocycles. The Balaban J connectivity index is 1.34. The molecular weight excluding hydrogens is 499 g/mol.